The number of anilines is 1. The fourth-order valence-corrected chi connectivity index (χ4v) is 2.66. The topological polar surface area (TPSA) is 78.4 Å². The SMILES string of the molecule is CNC1(C(=O)Nc2ccc(/C=C\C(=O)O)cc2)CCCC1. The maximum absolute atomic E-state index is 12.4. The number of carbonyl (C=O) groups excluding carboxylic acids is 1. The predicted molar refractivity (Wildman–Crippen MR) is 82.0 cm³/mol. The van der Waals surface area contributed by atoms with Crippen molar-refractivity contribution in [1.29, 1.82) is 0 Å². The van der Waals surface area contributed by atoms with Gasteiger partial charge in [0.1, 0.15) is 0 Å². The summed E-state index contributed by atoms with van der Waals surface area (Å²) in [5.41, 5.74) is 1.04. The molecule has 0 spiro atoms. The molecule has 1 aliphatic rings. The van der Waals surface area contributed by atoms with Gasteiger partial charge in [-0.15, -0.1) is 0 Å². The Labute approximate surface area is 124 Å². The molecule has 0 aliphatic heterocycles. The molecule has 3 N–H and O–H groups in total. The minimum atomic E-state index is -0.982. The van der Waals surface area contributed by atoms with Gasteiger partial charge < -0.3 is 15.7 Å². The molecule has 1 fully saturated rings. The van der Waals surface area contributed by atoms with Crippen LogP contribution in [0.15, 0.2) is 30.3 Å². The van der Waals surface area contributed by atoms with Gasteiger partial charge in [0.25, 0.3) is 0 Å². The number of carboxylic acid groups (broad SMARTS) is 1. The van der Waals surface area contributed by atoms with Crippen molar-refractivity contribution in [2.45, 2.75) is 31.2 Å². The van der Waals surface area contributed by atoms with Crippen LogP contribution < -0.4 is 10.6 Å². The fourth-order valence-electron chi connectivity index (χ4n) is 2.66. The smallest absolute Gasteiger partial charge is 0.328 e. The largest absolute Gasteiger partial charge is 0.478 e. The molecule has 0 unspecified atom stereocenters. The molecule has 0 aromatic heterocycles. The van der Waals surface area contributed by atoms with Crippen LogP contribution in [-0.2, 0) is 9.59 Å². The fraction of sp³-hybridized carbons (Fsp3) is 0.375. The Kier molecular flexibility index (Phi) is 4.75. The van der Waals surface area contributed by atoms with E-state index in [9.17, 15) is 9.59 Å². The molecule has 1 aliphatic carbocycles. The Morgan fingerprint density at radius 2 is 1.81 bits per heavy atom. The average Bonchev–Trinajstić information content (AvgIpc) is 2.96. The van der Waals surface area contributed by atoms with Crippen molar-refractivity contribution in [3.63, 3.8) is 0 Å². The minimum Gasteiger partial charge on any atom is -0.478 e. The van der Waals surface area contributed by atoms with Gasteiger partial charge in [0.2, 0.25) is 5.91 Å². The van der Waals surface area contributed by atoms with E-state index in [1.807, 2.05) is 7.05 Å². The van der Waals surface area contributed by atoms with Gasteiger partial charge in [0, 0.05) is 11.8 Å². The molecule has 5 nitrogen and oxygen atoms in total. The molecule has 0 radical (unpaired) electrons. The molecule has 21 heavy (non-hydrogen) atoms. The lowest BCUT2D eigenvalue weighted by Gasteiger charge is -2.27. The van der Waals surface area contributed by atoms with Crippen LogP contribution in [0.3, 0.4) is 0 Å². The van der Waals surface area contributed by atoms with Crippen LogP contribution in [-0.4, -0.2) is 29.6 Å². The molecule has 0 saturated heterocycles. The van der Waals surface area contributed by atoms with Gasteiger partial charge in [-0.1, -0.05) is 25.0 Å². The zero-order valence-corrected chi connectivity index (χ0v) is 12.1. The van der Waals surface area contributed by atoms with Crippen LogP contribution in [0.2, 0.25) is 0 Å². The van der Waals surface area contributed by atoms with E-state index in [4.69, 9.17) is 5.11 Å². The molecule has 5 heteroatoms. The predicted octanol–water partition coefficient (Wildman–Crippen LogP) is 2.26. The summed E-state index contributed by atoms with van der Waals surface area (Å²) in [4.78, 5) is 22.9. The molecule has 1 aromatic carbocycles. The number of carboxylic acids is 1. The number of aliphatic carboxylic acids is 1. The zero-order valence-electron chi connectivity index (χ0n) is 12.1. The molecular formula is C16H20N2O3. The van der Waals surface area contributed by atoms with Crippen LogP contribution in [0.4, 0.5) is 5.69 Å². The van der Waals surface area contributed by atoms with Crippen LogP contribution in [0, 0.1) is 0 Å². The third kappa shape index (κ3) is 3.70. The number of benzene rings is 1. The molecule has 1 saturated carbocycles. The maximum Gasteiger partial charge on any atom is 0.328 e. The second-order valence-corrected chi connectivity index (χ2v) is 5.29. The van der Waals surface area contributed by atoms with E-state index < -0.39 is 11.5 Å². The van der Waals surface area contributed by atoms with E-state index in [1.54, 1.807) is 24.3 Å². The van der Waals surface area contributed by atoms with E-state index >= 15 is 0 Å². The molecule has 112 valence electrons. The average molecular weight is 288 g/mol. The normalized spacial score (nSPS) is 17.0. The van der Waals surface area contributed by atoms with E-state index in [1.165, 1.54) is 6.08 Å². The van der Waals surface area contributed by atoms with Gasteiger partial charge in [-0.2, -0.15) is 0 Å². The number of nitrogens with one attached hydrogen (secondary N) is 2. The molecule has 0 heterocycles. The van der Waals surface area contributed by atoms with Gasteiger partial charge in [0.05, 0.1) is 5.54 Å². The zero-order chi connectivity index (χ0) is 15.3. The quantitative estimate of drug-likeness (QED) is 0.726. The van der Waals surface area contributed by atoms with Crippen molar-refractivity contribution < 1.29 is 14.7 Å². The molecular weight excluding hydrogens is 268 g/mol. The molecule has 0 bridgehead atoms. The number of rotatable bonds is 5. The Morgan fingerprint density at radius 3 is 2.33 bits per heavy atom. The van der Waals surface area contributed by atoms with Crippen molar-refractivity contribution in [3.8, 4) is 0 Å². The third-order valence-corrected chi connectivity index (χ3v) is 3.96. The first-order chi connectivity index (χ1) is 10.1. The lowest BCUT2D eigenvalue weighted by molar-refractivity contribution is -0.131. The summed E-state index contributed by atoms with van der Waals surface area (Å²) in [6.45, 7) is 0. The summed E-state index contributed by atoms with van der Waals surface area (Å²) in [7, 11) is 1.82. The van der Waals surface area contributed by atoms with E-state index in [0.717, 1.165) is 37.3 Å². The molecule has 0 atom stereocenters. The second kappa shape index (κ2) is 6.54. The summed E-state index contributed by atoms with van der Waals surface area (Å²) in [6.07, 6.45) is 6.44. The lowest BCUT2D eigenvalue weighted by Crippen LogP contribution is -2.50. The highest BCUT2D eigenvalue weighted by molar-refractivity contribution is 5.98. The number of hydrogen-bond donors (Lipinski definition) is 3. The Bertz CT molecular complexity index is 543. The van der Waals surface area contributed by atoms with Crippen LogP contribution in [0.5, 0.6) is 0 Å². The number of amides is 1. The van der Waals surface area contributed by atoms with Gasteiger partial charge in [-0.05, 0) is 43.7 Å². The third-order valence-electron chi connectivity index (χ3n) is 3.96. The summed E-state index contributed by atoms with van der Waals surface area (Å²) in [5, 5.41) is 14.7. The standard InChI is InChI=1S/C16H20N2O3/c1-17-16(10-2-3-11-16)15(21)18-13-7-4-12(5-8-13)6-9-14(19)20/h4-9,17H,2-3,10-11H2,1H3,(H,18,21)(H,19,20)/b9-6-. The first-order valence-corrected chi connectivity index (χ1v) is 7.07. The van der Waals surface area contributed by atoms with Crippen molar-refractivity contribution in [1.82, 2.24) is 5.32 Å². The van der Waals surface area contributed by atoms with Crippen LogP contribution in [0.25, 0.3) is 6.08 Å². The minimum absolute atomic E-state index is 0.00340. The van der Waals surface area contributed by atoms with Gasteiger partial charge in [0.15, 0.2) is 0 Å². The summed E-state index contributed by atoms with van der Waals surface area (Å²) in [5.74, 6) is -0.985. The summed E-state index contributed by atoms with van der Waals surface area (Å²) in [6, 6.07) is 7.10. The van der Waals surface area contributed by atoms with E-state index in [-0.39, 0.29) is 5.91 Å². The number of likely N-dealkylation sites (N-methyl/N-ethyl adjacent to an activating group) is 1. The van der Waals surface area contributed by atoms with Crippen LogP contribution in [0.1, 0.15) is 31.2 Å². The first-order valence-electron chi connectivity index (χ1n) is 7.07. The maximum atomic E-state index is 12.4. The lowest BCUT2D eigenvalue weighted by atomic mass is 9.96. The van der Waals surface area contributed by atoms with E-state index in [2.05, 4.69) is 10.6 Å². The second-order valence-electron chi connectivity index (χ2n) is 5.29. The van der Waals surface area contributed by atoms with Crippen molar-refractivity contribution in [2.24, 2.45) is 0 Å². The van der Waals surface area contributed by atoms with Gasteiger partial charge in [-0.3, -0.25) is 4.79 Å². The van der Waals surface area contributed by atoms with Crippen LogP contribution >= 0.6 is 0 Å². The van der Waals surface area contributed by atoms with Crippen molar-refractivity contribution in [3.05, 3.63) is 35.9 Å². The summed E-state index contributed by atoms with van der Waals surface area (Å²) >= 11 is 0. The number of hydrogen-bond acceptors (Lipinski definition) is 3. The highest BCUT2D eigenvalue weighted by Gasteiger charge is 2.39. The highest BCUT2D eigenvalue weighted by Crippen LogP contribution is 2.30. The molecule has 1 amide bonds. The van der Waals surface area contributed by atoms with Gasteiger partial charge in [-0.25, -0.2) is 4.79 Å². The Balaban J connectivity index is 2.03. The first kappa shape index (κ1) is 15.3. The monoisotopic (exact) mass is 288 g/mol. The molecule has 1 aromatic rings. The highest BCUT2D eigenvalue weighted by atomic mass is 16.4. The van der Waals surface area contributed by atoms with Crippen molar-refractivity contribution >= 4 is 23.6 Å². The number of carbonyl (C=O) groups is 2. The Hall–Kier alpha value is -2.14. The Morgan fingerprint density at radius 1 is 1.19 bits per heavy atom. The van der Waals surface area contributed by atoms with Gasteiger partial charge >= 0.3 is 5.97 Å². The molecule has 2 rings (SSSR count). The van der Waals surface area contributed by atoms with Crippen molar-refractivity contribution in [2.75, 3.05) is 12.4 Å². The summed E-state index contributed by atoms with van der Waals surface area (Å²) < 4.78 is 0. The van der Waals surface area contributed by atoms with E-state index in [0.29, 0.717) is 5.69 Å².